The van der Waals surface area contributed by atoms with E-state index in [0.29, 0.717) is 17.1 Å². The molecule has 3 heterocycles. The first-order chi connectivity index (χ1) is 12.1. The molecule has 1 atom stereocenters. The van der Waals surface area contributed by atoms with Crippen LogP contribution in [0.2, 0.25) is 5.02 Å². The molecule has 3 aromatic rings. The summed E-state index contributed by atoms with van der Waals surface area (Å²) < 4.78 is 0. The fourth-order valence-electron chi connectivity index (χ4n) is 3.22. The molecule has 0 fully saturated rings. The molecule has 0 saturated heterocycles. The molecule has 1 unspecified atom stereocenters. The lowest BCUT2D eigenvalue weighted by Gasteiger charge is -2.29. The average molecular weight is 353 g/mol. The zero-order valence-corrected chi connectivity index (χ0v) is 14.5. The number of aromatic amines is 1. The molecule has 126 valence electrons. The number of hydrogen-bond donors (Lipinski definition) is 1. The molecule has 4 rings (SSSR count). The zero-order chi connectivity index (χ0) is 17.4. The van der Waals surface area contributed by atoms with Gasteiger partial charge >= 0.3 is 0 Å². The number of nitrogens with one attached hydrogen (secondary N) is 1. The van der Waals surface area contributed by atoms with Crippen LogP contribution in [0.15, 0.2) is 49.1 Å². The normalized spacial score (nSPS) is 15.1. The molecule has 0 saturated carbocycles. The summed E-state index contributed by atoms with van der Waals surface area (Å²) in [6, 6.07) is 7.47. The lowest BCUT2D eigenvalue weighted by atomic mass is 9.96. The number of amides is 1. The highest BCUT2D eigenvalue weighted by molar-refractivity contribution is 6.30. The predicted molar refractivity (Wildman–Crippen MR) is 97.2 cm³/mol. The third-order valence-corrected chi connectivity index (χ3v) is 4.96. The number of pyridine rings is 1. The second-order valence-corrected chi connectivity index (χ2v) is 6.67. The quantitative estimate of drug-likeness (QED) is 0.779. The molecule has 6 heteroatoms. The Morgan fingerprint density at radius 1 is 1.20 bits per heavy atom. The van der Waals surface area contributed by atoms with Gasteiger partial charge in [0.2, 0.25) is 0 Å². The van der Waals surface area contributed by atoms with E-state index in [1.807, 2.05) is 30.7 Å². The van der Waals surface area contributed by atoms with Gasteiger partial charge in [-0.05, 0) is 47.4 Å². The molecule has 1 aromatic carbocycles. The van der Waals surface area contributed by atoms with E-state index >= 15 is 0 Å². The standard InChI is InChI=1S/C19H17ClN4O/c1-12(15-9-22-23-10-15)14-7-17(11-21-8-14)24-5-4-13-6-16(20)2-3-18(13)19(24)25/h2-3,6-12H,4-5H2,1H3,(H,22,23). The van der Waals surface area contributed by atoms with E-state index in [4.69, 9.17) is 11.6 Å². The molecule has 1 aliphatic rings. The third kappa shape index (κ3) is 2.91. The number of fused-ring (bicyclic) bond motifs is 1. The smallest absolute Gasteiger partial charge is 0.258 e. The van der Waals surface area contributed by atoms with Crippen LogP contribution in [0, 0.1) is 0 Å². The number of hydrogen-bond acceptors (Lipinski definition) is 3. The Morgan fingerprint density at radius 2 is 2.08 bits per heavy atom. The van der Waals surface area contributed by atoms with E-state index in [0.717, 1.165) is 28.8 Å². The number of rotatable bonds is 3. The van der Waals surface area contributed by atoms with Crippen molar-refractivity contribution < 1.29 is 4.79 Å². The van der Waals surface area contributed by atoms with Crippen molar-refractivity contribution in [3.8, 4) is 0 Å². The van der Waals surface area contributed by atoms with Gasteiger partial charge in [0.25, 0.3) is 5.91 Å². The second-order valence-electron chi connectivity index (χ2n) is 6.24. The highest BCUT2D eigenvalue weighted by Crippen LogP contribution is 2.29. The molecule has 0 aliphatic carbocycles. The van der Waals surface area contributed by atoms with Gasteiger partial charge in [-0.3, -0.25) is 14.9 Å². The van der Waals surface area contributed by atoms with Gasteiger partial charge in [0.1, 0.15) is 0 Å². The Balaban J connectivity index is 1.66. The van der Waals surface area contributed by atoms with Crippen molar-refractivity contribution in [2.45, 2.75) is 19.3 Å². The van der Waals surface area contributed by atoms with Crippen LogP contribution in [-0.4, -0.2) is 27.6 Å². The maximum Gasteiger partial charge on any atom is 0.258 e. The summed E-state index contributed by atoms with van der Waals surface area (Å²) >= 11 is 6.04. The van der Waals surface area contributed by atoms with Crippen LogP contribution < -0.4 is 4.90 Å². The number of benzene rings is 1. The molecular weight excluding hydrogens is 336 g/mol. The number of nitrogens with zero attached hydrogens (tertiary/aromatic N) is 3. The molecule has 2 aromatic heterocycles. The highest BCUT2D eigenvalue weighted by Gasteiger charge is 2.26. The van der Waals surface area contributed by atoms with Crippen LogP contribution in [0.25, 0.3) is 0 Å². The van der Waals surface area contributed by atoms with Crippen molar-refractivity contribution in [1.82, 2.24) is 15.2 Å². The molecule has 0 bridgehead atoms. The monoisotopic (exact) mass is 352 g/mol. The molecule has 1 N–H and O–H groups in total. The number of carbonyl (C=O) groups is 1. The topological polar surface area (TPSA) is 61.9 Å². The number of carbonyl (C=O) groups excluding carboxylic acids is 1. The Morgan fingerprint density at radius 3 is 2.88 bits per heavy atom. The van der Waals surface area contributed by atoms with Gasteiger partial charge < -0.3 is 4.90 Å². The number of aromatic nitrogens is 3. The molecule has 1 aliphatic heterocycles. The first-order valence-corrected chi connectivity index (χ1v) is 8.55. The second kappa shape index (κ2) is 6.33. The van der Waals surface area contributed by atoms with E-state index in [-0.39, 0.29) is 11.8 Å². The van der Waals surface area contributed by atoms with Crippen LogP contribution in [0.3, 0.4) is 0 Å². The fourth-order valence-corrected chi connectivity index (χ4v) is 3.42. The summed E-state index contributed by atoms with van der Waals surface area (Å²) in [7, 11) is 0. The predicted octanol–water partition coefficient (Wildman–Crippen LogP) is 3.81. The van der Waals surface area contributed by atoms with Crippen molar-refractivity contribution in [2.24, 2.45) is 0 Å². The first-order valence-electron chi connectivity index (χ1n) is 8.17. The summed E-state index contributed by atoms with van der Waals surface area (Å²) in [5.41, 5.74) is 4.67. The summed E-state index contributed by atoms with van der Waals surface area (Å²) in [4.78, 5) is 19.0. The van der Waals surface area contributed by atoms with E-state index in [2.05, 4.69) is 22.1 Å². The average Bonchev–Trinajstić information content (AvgIpc) is 3.16. The highest BCUT2D eigenvalue weighted by atomic mass is 35.5. The van der Waals surface area contributed by atoms with E-state index < -0.39 is 0 Å². The molecule has 1 amide bonds. The lowest BCUT2D eigenvalue weighted by molar-refractivity contribution is 0.0980. The van der Waals surface area contributed by atoms with Crippen LogP contribution in [0.4, 0.5) is 5.69 Å². The van der Waals surface area contributed by atoms with Gasteiger partial charge in [0.05, 0.1) is 18.1 Å². The number of H-pyrrole nitrogens is 1. The van der Waals surface area contributed by atoms with Gasteiger partial charge in [0.15, 0.2) is 0 Å². The van der Waals surface area contributed by atoms with Crippen molar-refractivity contribution in [1.29, 1.82) is 0 Å². The van der Waals surface area contributed by atoms with E-state index in [1.54, 1.807) is 23.2 Å². The summed E-state index contributed by atoms with van der Waals surface area (Å²) in [6.45, 7) is 2.72. The Hall–Kier alpha value is -2.66. The van der Waals surface area contributed by atoms with Gasteiger partial charge in [-0.1, -0.05) is 18.5 Å². The number of halogens is 1. The van der Waals surface area contributed by atoms with Crippen molar-refractivity contribution in [2.75, 3.05) is 11.4 Å². The third-order valence-electron chi connectivity index (χ3n) is 4.72. The molecule has 25 heavy (non-hydrogen) atoms. The minimum Gasteiger partial charge on any atom is -0.306 e. The molecule has 0 radical (unpaired) electrons. The molecule has 0 spiro atoms. The largest absolute Gasteiger partial charge is 0.306 e. The van der Waals surface area contributed by atoms with Gasteiger partial charge in [-0.2, -0.15) is 5.10 Å². The van der Waals surface area contributed by atoms with Crippen molar-refractivity contribution >= 4 is 23.2 Å². The maximum atomic E-state index is 12.9. The summed E-state index contributed by atoms with van der Waals surface area (Å²) in [6.07, 6.45) is 8.05. The Kier molecular flexibility index (Phi) is 4.01. The minimum atomic E-state index is -0.00664. The zero-order valence-electron chi connectivity index (χ0n) is 13.7. The van der Waals surface area contributed by atoms with E-state index in [1.165, 1.54) is 0 Å². The van der Waals surface area contributed by atoms with Gasteiger partial charge in [-0.25, -0.2) is 0 Å². The van der Waals surface area contributed by atoms with Crippen LogP contribution in [0.1, 0.15) is 39.9 Å². The minimum absolute atomic E-state index is 0.00664. The Labute approximate surface area is 150 Å². The van der Waals surface area contributed by atoms with Gasteiger partial charge in [0, 0.05) is 35.4 Å². The molecular formula is C19H17ClN4O. The first kappa shape index (κ1) is 15.8. The van der Waals surface area contributed by atoms with Crippen LogP contribution >= 0.6 is 11.6 Å². The van der Waals surface area contributed by atoms with Crippen molar-refractivity contribution in [3.63, 3.8) is 0 Å². The van der Waals surface area contributed by atoms with Crippen LogP contribution in [0.5, 0.6) is 0 Å². The maximum absolute atomic E-state index is 12.9. The Bertz CT molecular complexity index is 923. The summed E-state index contributed by atoms with van der Waals surface area (Å²) in [5.74, 6) is 0.144. The van der Waals surface area contributed by atoms with Crippen LogP contribution in [-0.2, 0) is 6.42 Å². The molecule has 5 nitrogen and oxygen atoms in total. The summed E-state index contributed by atoms with van der Waals surface area (Å²) in [5, 5.41) is 7.50. The number of anilines is 1. The SMILES string of the molecule is CC(c1cn[nH]c1)c1cncc(N2CCc3cc(Cl)ccc3C2=O)c1. The lowest BCUT2D eigenvalue weighted by Crippen LogP contribution is -2.37. The van der Waals surface area contributed by atoms with Gasteiger partial charge in [-0.15, -0.1) is 0 Å². The van der Waals surface area contributed by atoms with Crippen molar-refractivity contribution in [3.05, 3.63) is 76.3 Å². The fraction of sp³-hybridized carbons (Fsp3) is 0.211. The van der Waals surface area contributed by atoms with E-state index in [9.17, 15) is 4.79 Å².